The van der Waals surface area contributed by atoms with Crippen molar-refractivity contribution in [1.29, 1.82) is 0 Å². The molecule has 1 saturated heterocycles. The number of aryl methyl sites for hydroxylation is 2. The summed E-state index contributed by atoms with van der Waals surface area (Å²) < 4.78 is 0. The summed E-state index contributed by atoms with van der Waals surface area (Å²) >= 11 is 0. The lowest BCUT2D eigenvalue weighted by Gasteiger charge is -2.17. The molecule has 1 fully saturated rings. The standard InChI is InChI=1S/C14H21NO/c1-11-3-4-12(2)14(7-11)9-15-6-5-13(8-15)10-16/h3-4,7,13,16H,5-6,8-10H2,1-2H3/t13-/m1/s1. The van der Waals surface area contributed by atoms with Crippen molar-refractivity contribution in [1.82, 2.24) is 4.90 Å². The lowest BCUT2D eigenvalue weighted by Crippen LogP contribution is -2.21. The Morgan fingerprint density at radius 3 is 2.88 bits per heavy atom. The molecule has 2 heteroatoms. The highest BCUT2D eigenvalue weighted by Gasteiger charge is 2.21. The summed E-state index contributed by atoms with van der Waals surface area (Å²) in [5.41, 5.74) is 4.13. The number of hydrogen-bond acceptors (Lipinski definition) is 2. The molecule has 0 bridgehead atoms. The zero-order valence-corrected chi connectivity index (χ0v) is 10.2. The fourth-order valence-electron chi connectivity index (χ4n) is 2.42. The highest BCUT2D eigenvalue weighted by atomic mass is 16.3. The van der Waals surface area contributed by atoms with Crippen molar-refractivity contribution < 1.29 is 5.11 Å². The minimum Gasteiger partial charge on any atom is -0.396 e. The van der Waals surface area contributed by atoms with Crippen LogP contribution in [0.1, 0.15) is 23.1 Å². The van der Waals surface area contributed by atoms with E-state index in [1.165, 1.54) is 16.7 Å². The van der Waals surface area contributed by atoms with Crippen LogP contribution in [0.2, 0.25) is 0 Å². The molecule has 0 saturated carbocycles. The molecule has 1 aliphatic rings. The number of benzene rings is 1. The van der Waals surface area contributed by atoms with Crippen LogP contribution in [0.4, 0.5) is 0 Å². The molecule has 1 heterocycles. The maximum absolute atomic E-state index is 9.12. The van der Waals surface area contributed by atoms with Crippen LogP contribution in [0.5, 0.6) is 0 Å². The maximum Gasteiger partial charge on any atom is 0.0471 e. The third-order valence-corrected chi connectivity index (χ3v) is 3.53. The summed E-state index contributed by atoms with van der Waals surface area (Å²) in [7, 11) is 0. The molecule has 1 N–H and O–H groups in total. The van der Waals surface area contributed by atoms with E-state index in [0.29, 0.717) is 12.5 Å². The van der Waals surface area contributed by atoms with Crippen molar-refractivity contribution >= 4 is 0 Å². The van der Waals surface area contributed by atoms with Gasteiger partial charge in [-0.1, -0.05) is 23.8 Å². The largest absolute Gasteiger partial charge is 0.396 e. The number of rotatable bonds is 3. The number of hydrogen-bond donors (Lipinski definition) is 1. The van der Waals surface area contributed by atoms with Gasteiger partial charge in [0, 0.05) is 19.7 Å². The van der Waals surface area contributed by atoms with Gasteiger partial charge in [0.05, 0.1) is 0 Å². The molecule has 88 valence electrons. The molecule has 2 rings (SSSR count). The van der Waals surface area contributed by atoms with Crippen molar-refractivity contribution in [3.05, 3.63) is 34.9 Å². The van der Waals surface area contributed by atoms with Gasteiger partial charge >= 0.3 is 0 Å². The lowest BCUT2D eigenvalue weighted by atomic mass is 10.1. The van der Waals surface area contributed by atoms with Crippen molar-refractivity contribution in [2.75, 3.05) is 19.7 Å². The quantitative estimate of drug-likeness (QED) is 0.841. The van der Waals surface area contributed by atoms with Gasteiger partial charge in [0.2, 0.25) is 0 Å². The highest BCUT2D eigenvalue weighted by molar-refractivity contribution is 5.30. The van der Waals surface area contributed by atoms with Crippen LogP contribution in [-0.4, -0.2) is 29.7 Å². The zero-order chi connectivity index (χ0) is 11.5. The van der Waals surface area contributed by atoms with Crippen molar-refractivity contribution in [2.45, 2.75) is 26.8 Å². The molecule has 1 aromatic rings. The Morgan fingerprint density at radius 1 is 1.38 bits per heavy atom. The zero-order valence-electron chi connectivity index (χ0n) is 10.2. The third kappa shape index (κ3) is 2.63. The average molecular weight is 219 g/mol. The summed E-state index contributed by atoms with van der Waals surface area (Å²) in [5.74, 6) is 0.491. The molecular formula is C14H21NO. The van der Waals surface area contributed by atoms with E-state index in [-0.39, 0.29) is 0 Å². The van der Waals surface area contributed by atoms with E-state index < -0.39 is 0 Å². The minimum atomic E-state index is 0.337. The second-order valence-electron chi connectivity index (χ2n) is 5.00. The summed E-state index contributed by atoms with van der Waals surface area (Å²) in [6, 6.07) is 6.64. The summed E-state index contributed by atoms with van der Waals surface area (Å²) in [5, 5.41) is 9.12. The Balaban J connectivity index is 2.01. The smallest absolute Gasteiger partial charge is 0.0471 e. The van der Waals surface area contributed by atoms with Crippen LogP contribution < -0.4 is 0 Å². The molecule has 0 aliphatic carbocycles. The Kier molecular flexibility index (Phi) is 3.62. The third-order valence-electron chi connectivity index (χ3n) is 3.53. The lowest BCUT2D eigenvalue weighted by molar-refractivity contribution is 0.220. The van der Waals surface area contributed by atoms with Crippen LogP contribution in [0, 0.1) is 19.8 Å². The van der Waals surface area contributed by atoms with Gasteiger partial charge in [-0.2, -0.15) is 0 Å². The van der Waals surface area contributed by atoms with E-state index in [9.17, 15) is 0 Å². The summed E-state index contributed by atoms with van der Waals surface area (Å²) in [4.78, 5) is 2.45. The second-order valence-corrected chi connectivity index (χ2v) is 5.00. The molecule has 1 aliphatic heterocycles. The molecule has 16 heavy (non-hydrogen) atoms. The Morgan fingerprint density at radius 2 is 2.19 bits per heavy atom. The molecule has 0 aromatic heterocycles. The molecule has 0 radical (unpaired) electrons. The first-order valence-corrected chi connectivity index (χ1v) is 6.08. The first-order chi connectivity index (χ1) is 7.69. The van der Waals surface area contributed by atoms with E-state index in [1.807, 2.05) is 0 Å². The van der Waals surface area contributed by atoms with E-state index in [4.69, 9.17) is 5.11 Å². The van der Waals surface area contributed by atoms with Crippen LogP contribution in [0.15, 0.2) is 18.2 Å². The topological polar surface area (TPSA) is 23.5 Å². The maximum atomic E-state index is 9.12. The molecule has 2 nitrogen and oxygen atoms in total. The SMILES string of the molecule is Cc1ccc(C)c(CN2CC[C@@H](CO)C2)c1. The van der Waals surface area contributed by atoms with Crippen LogP contribution in [-0.2, 0) is 6.54 Å². The van der Waals surface area contributed by atoms with Crippen molar-refractivity contribution in [3.8, 4) is 0 Å². The number of likely N-dealkylation sites (tertiary alicyclic amines) is 1. The van der Waals surface area contributed by atoms with Crippen LogP contribution >= 0.6 is 0 Å². The number of aliphatic hydroxyl groups excluding tert-OH is 1. The number of aliphatic hydroxyl groups is 1. The summed E-state index contributed by atoms with van der Waals surface area (Å²) in [6.07, 6.45) is 1.14. The van der Waals surface area contributed by atoms with Gasteiger partial charge in [0.15, 0.2) is 0 Å². The second kappa shape index (κ2) is 4.98. The fourth-order valence-corrected chi connectivity index (χ4v) is 2.42. The van der Waals surface area contributed by atoms with Crippen LogP contribution in [0.25, 0.3) is 0 Å². The number of nitrogens with zero attached hydrogens (tertiary/aromatic N) is 1. The Bertz CT molecular complexity index is 362. The first-order valence-electron chi connectivity index (χ1n) is 6.08. The van der Waals surface area contributed by atoms with Gasteiger partial charge in [0.1, 0.15) is 0 Å². The van der Waals surface area contributed by atoms with Crippen LogP contribution in [0.3, 0.4) is 0 Å². The van der Waals surface area contributed by atoms with E-state index in [1.54, 1.807) is 0 Å². The van der Waals surface area contributed by atoms with Crippen molar-refractivity contribution in [2.24, 2.45) is 5.92 Å². The monoisotopic (exact) mass is 219 g/mol. The molecule has 0 amide bonds. The normalized spacial score (nSPS) is 21.6. The molecule has 1 atom stereocenters. The van der Waals surface area contributed by atoms with Gasteiger partial charge < -0.3 is 5.11 Å². The molecule has 0 spiro atoms. The molecule has 1 aromatic carbocycles. The van der Waals surface area contributed by atoms with E-state index >= 15 is 0 Å². The van der Waals surface area contributed by atoms with Gasteiger partial charge in [0.25, 0.3) is 0 Å². The summed E-state index contributed by atoms with van der Waals surface area (Å²) in [6.45, 7) is 7.85. The fraction of sp³-hybridized carbons (Fsp3) is 0.571. The highest BCUT2D eigenvalue weighted by Crippen LogP contribution is 2.20. The Labute approximate surface area is 97.9 Å². The van der Waals surface area contributed by atoms with Crippen molar-refractivity contribution in [3.63, 3.8) is 0 Å². The van der Waals surface area contributed by atoms with Gasteiger partial charge in [-0.3, -0.25) is 4.90 Å². The van der Waals surface area contributed by atoms with Gasteiger partial charge in [-0.05, 0) is 43.9 Å². The first kappa shape index (κ1) is 11.6. The Hall–Kier alpha value is -0.860. The molecular weight excluding hydrogens is 198 g/mol. The average Bonchev–Trinajstić information content (AvgIpc) is 2.71. The predicted octanol–water partition coefficient (Wildman–Crippen LogP) is 2.12. The minimum absolute atomic E-state index is 0.337. The molecule has 0 unspecified atom stereocenters. The van der Waals surface area contributed by atoms with E-state index in [0.717, 1.165) is 26.1 Å². The van der Waals surface area contributed by atoms with Gasteiger partial charge in [-0.25, -0.2) is 0 Å². The van der Waals surface area contributed by atoms with Gasteiger partial charge in [-0.15, -0.1) is 0 Å². The van der Waals surface area contributed by atoms with E-state index in [2.05, 4.69) is 36.9 Å². The predicted molar refractivity (Wildman–Crippen MR) is 66.4 cm³/mol.